The maximum absolute atomic E-state index is 5.81. The topological polar surface area (TPSA) is 39.9 Å². The first kappa shape index (κ1) is 11.4. The molecule has 4 nitrogen and oxygen atoms in total. The van der Waals surface area contributed by atoms with Crippen LogP contribution in [0.2, 0.25) is 0 Å². The van der Waals surface area contributed by atoms with Crippen LogP contribution < -0.4 is 0 Å². The Kier molecular flexibility index (Phi) is 3.08. The Morgan fingerprint density at radius 2 is 2.17 bits per heavy atom. The number of aromatic nitrogens is 3. The molecule has 0 saturated heterocycles. The quantitative estimate of drug-likeness (QED) is 0.723. The van der Waals surface area contributed by atoms with Crippen molar-refractivity contribution in [3.63, 3.8) is 0 Å². The molecule has 3 aromatic rings. The molecule has 0 amide bonds. The van der Waals surface area contributed by atoms with Gasteiger partial charge in [0.05, 0.1) is 10.4 Å². The molecule has 0 aliphatic carbocycles. The molecule has 3 rings (SSSR count). The molecule has 5 heteroatoms. The van der Waals surface area contributed by atoms with Crippen LogP contribution in [0.15, 0.2) is 41.8 Å². The Balaban J connectivity index is 2.10. The van der Waals surface area contributed by atoms with Gasteiger partial charge >= 0.3 is 0 Å². The number of para-hydroxylation sites is 1. The van der Waals surface area contributed by atoms with Crippen LogP contribution in [-0.2, 0) is 4.74 Å². The van der Waals surface area contributed by atoms with Crippen LogP contribution in [0.4, 0.5) is 0 Å². The van der Waals surface area contributed by atoms with Crippen LogP contribution in [0.5, 0.6) is 0 Å². The summed E-state index contributed by atoms with van der Waals surface area (Å²) in [5, 5.41) is 10.4. The summed E-state index contributed by atoms with van der Waals surface area (Å²) in [4.78, 5) is 1.13. The minimum Gasteiger partial charge on any atom is -0.351 e. The van der Waals surface area contributed by atoms with E-state index in [4.69, 9.17) is 4.74 Å². The van der Waals surface area contributed by atoms with Crippen LogP contribution in [0, 0.1) is 0 Å². The van der Waals surface area contributed by atoms with E-state index in [1.165, 1.54) is 0 Å². The van der Waals surface area contributed by atoms with E-state index in [9.17, 15) is 0 Å². The van der Waals surface area contributed by atoms with Gasteiger partial charge in [-0.15, -0.1) is 16.4 Å². The zero-order valence-corrected chi connectivity index (χ0v) is 10.8. The number of ether oxygens (including phenoxy) is 1. The number of fused-ring (bicyclic) bond motifs is 1. The second kappa shape index (κ2) is 4.88. The van der Waals surface area contributed by atoms with Crippen LogP contribution in [0.25, 0.3) is 11.0 Å². The van der Waals surface area contributed by atoms with Crippen molar-refractivity contribution < 1.29 is 4.74 Å². The lowest BCUT2D eigenvalue weighted by Crippen LogP contribution is -2.14. The summed E-state index contributed by atoms with van der Waals surface area (Å²) >= 11 is 1.66. The summed E-state index contributed by atoms with van der Waals surface area (Å²) in [6, 6.07) is 12.0. The molecule has 0 bridgehead atoms. The molecule has 2 aromatic heterocycles. The van der Waals surface area contributed by atoms with E-state index in [0.29, 0.717) is 6.61 Å². The average Bonchev–Trinajstić information content (AvgIpc) is 3.06. The summed E-state index contributed by atoms with van der Waals surface area (Å²) < 4.78 is 7.65. The molecular formula is C13H13N3OS. The molecule has 0 saturated carbocycles. The zero-order chi connectivity index (χ0) is 12.4. The third kappa shape index (κ3) is 1.91. The van der Waals surface area contributed by atoms with E-state index in [0.717, 1.165) is 15.9 Å². The first-order valence-corrected chi connectivity index (χ1v) is 6.73. The first-order valence-electron chi connectivity index (χ1n) is 5.85. The molecule has 18 heavy (non-hydrogen) atoms. The lowest BCUT2D eigenvalue weighted by Gasteiger charge is -2.16. The SMILES string of the molecule is CCOC(c1cccs1)n1nnc2ccccc21. The van der Waals surface area contributed by atoms with Gasteiger partial charge in [-0.1, -0.05) is 23.4 Å². The van der Waals surface area contributed by atoms with Crippen LogP contribution in [0.1, 0.15) is 18.0 Å². The van der Waals surface area contributed by atoms with Gasteiger partial charge in [0.25, 0.3) is 0 Å². The third-order valence-corrected chi connectivity index (χ3v) is 3.61. The van der Waals surface area contributed by atoms with Crippen molar-refractivity contribution in [2.75, 3.05) is 6.61 Å². The minimum atomic E-state index is -0.192. The highest BCUT2D eigenvalue weighted by Crippen LogP contribution is 2.26. The molecule has 1 unspecified atom stereocenters. The van der Waals surface area contributed by atoms with E-state index in [1.807, 2.05) is 47.3 Å². The number of benzene rings is 1. The van der Waals surface area contributed by atoms with Gasteiger partial charge in [0.2, 0.25) is 0 Å². The van der Waals surface area contributed by atoms with Crippen molar-refractivity contribution in [1.29, 1.82) is 0 Å². The van der Waals surface area contributed by atoms with Crippen molar-refractivity contribution in [3.8, 4) is 0 Å². The van der Waals surface area contributed by atoms with Gasteiger partial charge in [-0.3, -0.25) is 0 Å². The summed E-state index contributed by atoms with van der Waals surface area (Å²) in [5.74, 6) is 0. The lowest BCUT2D eigenvalue weighted by molar-refractivity contribution is 0.0366. The highest BCUT2D eigenvalue weighted by molar-refractivity contribution is 7.10. The van der Waals surface area contributed by atoms with E-state index in [2.05, 4.69) is 16.4 Å². The van der Waals surface area contributed by atoms with Crippen molar-refractivity contribution in [2.24, 2.45) is 0 Å². The van der Waals surface area contributed by atoms with Gasteiger partial charge in [0, 0.05) is 6.61 Å². The fourth-order valence-electron chi connectivity index (χ4n) is 1.92. The molecule has 1 atom stereocenters. The molecule has 1 aromatic carbocycles. The van der Waals surface area contributed by atoms with E-state index in [1.54, 1.807) is 11.3 Å². The molecule has 0 aliphatic rings. The third-order valence-electron chi connectivity index (χ3n) is 2.71. The smallest absolute Gasteiger partial charge is 0.187 e. The van der Waals surface area contributed by atoms with Crippen LogP contribution in [0.3, 0.4) is 0 Å². The van der Waals surface area contributed by atoms with Crippen LogP contribution in [-0.4, -0.2) is 21.6 Å². The number of hydrogen-bond acceptors (Lipinski definition) is 4. The molecule has 0 radical (unpaired) electrons. The highest BCUT2D eigenvalue weighted by atomic mass is 32.1. The minimum absolute atomic E-state index is 0.192. The average molecular weight is 259 g/mol. The molecule has 0 aliphatic heterocycles. The fraction of sp³-hybridized carbons (Fsp3) is 0.231. The van der Waals surface area contributed by atoms with Gasteiger partial charge in [-0.25, -0.2) is 4.68 Å². The van der Waals surface area contributed by atoms with Gasteiger partial charge in [-0.2, -0.15) is 0 Å². The Morgan fingerprint density at radius 1 is 1.28 bits per heavy atom. The maximum Gasteiger partial charge on any atom is 0.187 e. The van der Waals surface area contributed by atoms with Crippen molar-refractivity contribution >= 4 is 22.4 Å². The van der Waals surface area contributed by atoms with Crippen molar-refractivity contribution in [2.45, 2.75) is 13.2 Å². The number of hydrogen-bond donors (Lipinski definition) is 0. The normalized spacial score (nSPS) is 12.9. The van der Waals surface area contributed by atoms with E-state index in [-0.39, 0.29) is 6.23 Å². The van der Waals surface area contributed by atoms with Crippen LogP contribution >= 0.6 is 11.3 Å². The highest BCUT2D eigenvalue weighted by Gasteiger charge is 2.18. The second-order valence-corrected chi connectivity index (χ2v) is 4.83. The number of rotatable bonds is 4. The monoisotopic (exact) mass is 259 g/mol. The second-order valence-electron chi connectivity index (χ2n) is 3.85. The summed E-state index contributed by atoms with van der Waals surface area (Å²) in [6.45, 7) is 2.62. The van der Waals surface area contributed by atoms with Crippen molar-refractivity contribution in [1.82, 2.24) is 15.0 Å². The number of thiophene rings is 1. The zero-order valence-electron chi connectivity index (χ0n) is 9.98. The molecule has 92 valence electrons. The van der Waals surface area contributed by atoms with Gasteiger partial charge in [-0.05, 0) is 30.5 Å². The Hall–Kier alpha value is -1.72. The van der Waals surface area contributed by atoms with E-state index < -0.39 is 0 Å². The lowest BCUT2D eigenvalue weighted by atomic mass is 10.3. The molecule has 0 fully saturated rings. The predicted octanol–water partition coefficient (Wildman–Crippen LogP) is 3.08. The van der Waals surface area contributed by atoms with Gasteiger partial charge < -0.3 is 4.74 Å². The van der Waals surface area contributed by atoms with E-state index >= 15 is 0 Å². The number of nitrogens with zero attached hydrogens (tertiary/aromatic N) is 3. The van der Waals surface area contributed by atoms with Gasteiger partial charge in [0.1, 0.15) is 5.52 Å². The fourth-order valence-corrected chi connectivity index (χ4v) is 2.68. The standard InChI is InChI=1S/C13H13N3OS/c1-2-17-13(12-8-5-9-18-12)16-11-7-4-3-6-10(11)14-15-16/h3-9,13H,2H2,1H3. The van der Waals surface area contributed by atoms with Gasteiger partial charge in [0.15, 0.2) is 6.23 Å². The first-order chi connectivity index (χ1) is 8.90. The Morgan fingerprint density at radius 3 is 2.94 bits per heavy atom. The molecule has 0 N–H and O–H groups in total. The van der Waals surface area contributed by atoms with Crippen molar-refractivity contribution in [3.05, 3.63) is 46.7 Å². The Labute approximate surface area is 109 Å². The predicted molar refractivity (Wildman–Crippen MR) is 71.6 cm³/mol. The summed E-state index contributed by atoms with van der Waals surface area (Å²) in [7, 11) is 0. The Bertz CT molecular complexity index is 633. The molecule has 0 spiro atoms. The summed E-state index contributed by atoms with van der Waals surface area (Å²) in [6.07, 6.45) is -0.192. The largest absolute Gasteiger partial charge is 0.351 e. The molecular weight excluding hydrogens is 246 g/mol. The summed E-state index contributed by atoms with van der Waals surface area (Å²) in [5.41, 5.74) is 1.88. The maximum atomic E-state index is 5.81. The molecule has 2 heterocycles.